The van der Waals surface area contributed by atoms with Crippen molar-refractivity contribution in [2.75, 3.05) is 0 Å². The highest BCUT2D eigenvalue weighted by atomic mass is 16.4. The average molecular weight is 195 g/mol. The number of ketones is 2. The van der Waals surface area contributed by atoms with Gasteiger partial charge in [0.15, 0.2) is 0 Å². The van der Waals surface area contributed by atoms with E-state index in [0.29, 0.717) is 6.42 Å². The van der Waals surface area contributed by atoms with Crippen molar-refractivity contribution >= 4 is 17.5 Å². The predicted octanol–water partition coefficient (Wildman–Crippen LogP) is -0.689. The Bertz CT molecular complexity index is 355. The lowest BCUT2D eigenvalue weighted by Crippen LogP contribution is -2.51. The van der Waals surface area contributed by atoms with E-state index in [2.05, 4.69) is 0 Å². The Kier molecular flexibility index (Phi) is 1.50. The summed E-state index contributed by atoms with van der Waals surface area (Å²) in [6, 6.07) is 0. The molecule has 0 saturated heterocycles. The van der Waals surface area contributed by atoms with Gasteiger partial charge >= 0.3 is 0 Å². The smallest absolute Gasteiger partial charge is 0.210 e. The van der Waals surface area contributed by atoms with E-state index in [0.717, 1.165) is 0 Å². The summed E-state index contributed by atoms with van der Waals surface area (Å²) in [4.78, 5) is 34.1. The maximum atomic E-state index is 11.6. The third-order valence-corrected chi connectivity index (χ3v) is 4.06. The van der Waals surface area contributed by atoms with Crippen LogP contribution in [0.4, 0.5) is 0 Å². The van der Waals surface area contributed by atoms with Crippen LogP contribution in [0.15, 0.2) is 0 Å². The maximum Gasteiger partial charge on any atom is 0.210 e. The summed E-state index contributed by atoms with van der Waals surface area (Å²) in [6.45, 7) is 3.34. The Hall–Kier alpha value is -1.19. The van der Waals surface area contributed by atoms with Gasteiger partial charge in [-0.15, -0.1) is 0 Å². The van der Waals surface area contributed by atoms with Crippen molar-refractivity contribution in [1.29, 1.82) is 0 Å². The van der Waals surface area contributed by atoms with Gasteiger partial charge in [-0.2, -0.15) is 0 Å². The van der Waals surface area contributed by atoms with Crippen LogP contribution in [0.1, 0.15) is 26.7 Å². The lowest BCUT2D eigenvalue weighted by molar-refractivity contribution is -0.320. The lowest BCUT2D eigenvalue weighted by atomic mass is 9.69. The molecule has 0 aromatic carbocycles. The van der Waals surface area contributed by atoms with Crippen molar-refractivity contribution < 1.29 is 19.5 Å². The fraction of sp³-hybridized carbons (Fsp3) is 0.700. The molecule has 2 rings (SSSR count). The molecule has 0 unspecified atom stereocenters. The van der Waals surface area contributed by atoms with E-state index in [-0.39, 0.29) is 6.42 Å². The van der Waals surface area contributed by atoms with Crippen molar-refractivity contribution in [2.45, 2.75) is 26.7 Å². The van der Waals surface area contributed by atoms with Crippen LogP contribution in [0.25, 0.3) is 0 Å². The molecule has 76 valence electrons. The number of hydrogen-bond acceptors (Lipinski definition) is 4. The molecule has 0 heterocycles. The van der Waals surface area contributed by atoms with Gasteiger partial charge in [-0.1, -0.05) is 13.8 Å². The molecule has 0 aliphatic heterocycles. The molecule has 0 spiro atoms. The lowest BCUT2D eigenvalue weighted by Gasteiger charge is -2.36. The summed E-state index contributed by atoms with van der Waals surface area (Å²) >= 11 is 0. The van der Waals surface area contributed by atoms with Crippen LogP contribution in [-0.2, 0) is 14.4 Å². The van der Waals surface area contributed by atoms with E-state index in [1.807, 2.05) is 0 Å². The Labute approximate surface area is 81.3 Å². The zero-order valence-corrected chi connectivity index (χ0v) is 8.12. The van der Waals surface area contributed by atoms with E-state index in [1.54, 1.807) is 13.8 Å². The fourth-order valence-electron chi connectivity index (χ4n) is 3.03. The standard InChI is InChI=1S/C10H12O4/c1-9(2)5-3-4-10(9,8(13)14)7(12)6(5)11/h5H,3-4H2,1-2H3,(H,13,14)/p-1/t5-,10-/m1/s1. The number of carboxylic acid groups (broad SMARTS) is 1. The summed E-state index contributed by atoms with van der Waals surface area (Å²) in [6.07, 6.45) is 0.739. The average Bonchev–Trinajstić information content (AvgIpc) is 2.41. The molecule has 2 atom stereocenters. The van der Waals surface area contributed by atoms with Crippen molar-refractivity contribution in [3.05, 3.63) is 0 Å². The fourth-order valence-corrected chi connectivity index (χ4v) is 3.03. The summed E-state index contributed by atoms with van der Waals surface area (Å²) in [5.41, 5.74) is -2.32. The maximum absolute atomic E-state index is 11.6. The van der Waals surface area contributed by atoms with E-state index in [9.17, 15) is 19.5 Å². The molecular weight excluding hydrogens is 184 g/mol. The zero-order chi connectivity index (χ0) is 10.7. The number of carboxylic acids is 1. The summed E-state index contributed by atoms with van der Waals surface area (Å²) < 4.78 is 0. The van der Waals surface area contributed by atoms with Gasteiger partial charge in [0, 0.05) is 5.92 Å². The van der Waals surface area contributed by atoms with E-state index < -0.39 is 34.3 Å². The van der Waals surface area contributed by atoms with Crippen LogP contribution in [-0.4, -0.2) is 17.5 Å². The number of aliphatic carboxylic acids is 1. The predicted molar refractivity (Wildman–Crippen MR) is 44.0 cm³/mol. The minimum atomic E-state index is -1.55. The van der Waals surface area contributed by atoms with Crippen molar-refractivity contribution in [1.82, 2.24) is 0 Å². The third-order valence-electron chi connectivity index (χ3n) is 4.06. The molecule has 4 heteroatoms. The first-order valence-electron chi connectivity index (χ1n) is 4.66. The number of carbonyl (C=O) groups is 3. The van der Waals surface area contributed by atoms with E-state index in [4.69, 9.17) is 0 Å². The highest BCUT2D eigenvalue weighted by Gasteiger charge is 2.69. The molecule has 4 nitrogen and oxygen atoms in total. The van der Waals surface area contributed by atoms with Gasteiger partial charge in [0.2, 0.25) is 11.6 Å². The monoisotopic (exact) mass is 195 g/mol. The Morgan fingerprint density at radius 1 is 1.43 bits per heavy atom. The van der Waals surface area contributed by atoms with Crippen LogP contribution in [0.5, 0.6) is 0 Å². The molecule has 14 heavy (non-hydrogen) atoms. The first-order chi connectivity index (χ1) is 6.35. The minimum Gasteiger partial charge on any atom is -0.549 e. The van der Waals surface area contributed by atoms with Gasteiger partial charge in [-0.25, -0.2) is 0 Å². The Morgan fingerprint density at radius 3 is 2.29 bits per heavy atom. The number of carbonyl (C=O) groups excluding carboxylic acids is 3. The molecule has 0 aromatic rings. The molecule has 0 radical (unpaired) electrons. The van der Waals surface area contributed by atoms with Crippen molar-refractivity contribution in [3.8, 4) is 0 Å². The quantitative estimate of drug-likeness (QED) is 0.410. The molecule has 0 amide bonds. The van der Waals surface area contributed by atoms with Gasteiger partial charge < -0.3 is 9.90 Å². The largest absolute Gasteiger partial charge is 0.549 e. The second kappa shape index (κ2) is 2.24. The zero-order valence-electron chi connectivity index (χ0n) is 8.12. The molecular formula is C10H11O4-. The number of fused-ring (bicyclic) bond motifs is 2. The van der Waals surface area contributed by atoms with Crippen LogP contribution < -0.4 is 5.11 Å². The van der Waals surface area contributed by atoms with Crippen molar-refractivity contribution in [3.63, 3.8) is 0 Å². The SMILES string of the molecule is CC1(C)[C@@H]2CC[C@]1(C(=O)[O-])C(=O)C2=O. The third kappa shape index (κ3) is 0.656. The highest BCUT2D eigenvalue weighted by Crippen LogP contribution is 2.62. The van der Waals surface area contributed by atoms with E-state index in [1.165, 1.54) is 0 Å². The number of rotatable bonds is 1. The van der Waals surface area contributed by atoms with Crippen LogP contribution in [0.3, 0.4) is 0 Å². The molecule has 0 N–H and O–H groups in total. The number of Topliss-reactive ketones (excluding diaryl/α,β-unsaturated/α-hetero) is 2. The molecule has 2 saturated carbocycles. The van der Waals surface area contributed by atoms with Gasteiger partial charge in [0.25, 0.3) is 0 Å². The van der Waals surface area contributed by atoms with Crippen LogP contribution >= 0.6 is 0 Å². The molecule has 2 aliphatic carbocycles. The summed E-state index contributed by atoms with van der Waals surface area (Å²) in [7, 11) is 0. The normalized spacial score (nSPS) is 39.1. The van der Waals surface area contributed by atoms with Crippen molar-refractivity contribution in [2.24, 2.45) is 16.7 Å². The van der Waals surface area contributed by atoms with Crippen LogP contribution in [0.2, 0.25) is 0 Å². The van der Waals surface area contributed by atoms with Gasteiger partial charge in [0.1, 0.15) is 0 Å². The first kappa shape index (κ1) is 9.37. The van der Waals surface area contributed by atoms with Gasteiger partial charge in [-0.3, -0.25) is 9.59 Å². The second-order valence-electron chi connectivity index (χ2n) is 4.70. The summed E-state index contributed by atoms with van der Waals surface area (Å²) in [5, 5.41) is 11.1. The second-order valence-corrected chi connectivity index (χ2v) is 4.70. The van der Waals surface area contributed by atoms with Gasteiger partial charge in [0.05, 0.1) is 11.4 Å². The van der Waals surface area contributed by atoms with Gasteiger partial charge in [-0.05, 0) is 18.3 Å². The first-order valence-corrected chi connectivity index (χ1v) is 4.66. The molecule has 2 fully saturated rings. The topological polar surface area (TPSA) is 74.3 Å². The van der Waals surface area contributed by atoms with E-state index >= 15 is 0 Å². The minimum absolute atomic E-state index is 0.248. The Balaban J connectivity index is 2.65. The summed E-state index contributed by atoms with van der Waals surface area (Å²) in [5.74, 6) is -3.09. The molecule has 2 bridgehead atoms. The molecule has 2 aliphatic rings. The molecule has 0 aromatic heterocycles. The Morgan fingerprint density at radius 2 is 2.00 bits per heavy atom. The highest BCUT2D eigenvalue weighted by molar-refractivity contribution is 6.46. The van der Waals surface area contributed by atoms with Crippen LogP contribution in [0, 0.1) is 16.7 Å². The number of hydrogen-bond donors (Lipinski definition) is 0.